The van der Waals surface area contributed by atoms with E-state index in [1.165, 1.54) is 0 Å². The highest BCUT2D eigenvalue weighted by Crippen LogP contribution is 2.25. The minimum absolute atomic E-state index is 0. The Morgan fingerprint density at radius 3 is 2.63 bits per heavy atom. The largest absolute Gasteiger partial charge is 0.497 e. The van der Waals surface area contributed by atoms with Gasteiger partial charge in [0.05, 0.1) is 18.5 Å². The van der Waals surface area contributed by atoms with Gasteiger partial charge < -0.3 is 10.1 Å². The fraction of sp³-hybridized carbons (Fsp3) is 0.357. The van der Waals surface area contributed by atoms with Crippen molar-refractivity contribution in [3.63, 3.8) is 0 Å². The van der Waals surface area contributed by atoms with Gasteiger partial charge in [0.2, 0.25) is 0 Å². The Kier molecular flexibility index (Phi) is 5.70. The summed E-state index contributed by atoms with van der Waals surface area (Å²) in [6.07, 6.45) is 0. The zero-order chi connectivity index (χ0) is 13.1. The molecule has 1 heterocycles. The number of ether oxygens (including phenoxy) is 1. The Labute approximate surface area is 124 Å². The van der Waals surface area contributed by atoms with E-state index in [-0.39, 0.29) is 12.4 Å². The lowest BCUT2D eigenvalue weighted by Crippen LogP contribution is -2.12. The van der Waals surface area contributed by atoms with E-state index < -0.39 is 0 Å². The van der Waals surface area contributed by atoms with Crippen LogP contribution in [0, 0.1) is 0 Å². The molecular formula is C14H18Cl2N2O. The van der Waals surface area contributed by atoms with Crippen molar-refractivity contribution in [1.29, 1.82) is 0 Å². The summed E-state index contributed by atoms with van der Waals surface area (Å²) >= 11 is 5.98. The number of rotatable bonds is 4. The van der Waals surface area contributed by atoms with E-state index in [1.807, 2.05) is 18.2 Å². The van der Waals surface area contributed by atoms with E-state index in [2.05, 4.69) is 30.2 Å². The number of pyridine rings is 1. The van der Waals surface area contributed by atoms with Crippen molar-refractivity contribution in [3.05, 3.63) is 29.8 Å². The van der Waals surface area contributed by atoms with Gasteiger partial charge in [-0.15, -0.1) is 24.0 Å². The highest BCUT2D eigenvalue weighted by Gasteiger charge is 2.08. The van der Waals surface area contributed by atoms with Gasteiger partial charge in [0.25, 0.3) is 0 Å². The molecule has 0 saturated heterocycles. The molecule has 5 heteroatoms. The molecule has 19 heavy (non-hydrogen) atoms. The summed E-state index contributed by atoms with van der Waals surface area (Å²) in [5.41, 5.74) is 1.94. The lowest BCUT2D eigenvalue weighted by atomic mass is 10.1. The number of alkyl halides is 1. The molecule has 0 fully saturated rings. The third-order valence-electron chi connectivity index (χ3n) is 2.67. The first kappa shape index (κ1) is 15.9. The monoisotopic (exact) mass is 300 g/mol. The Morgan fingerprint density at radius 2 is 2.05 bits per heavy atom. The van der Waals surface area contributed by atoms with Crippen molar-refractivity contribution in [2.24, 2.45) is 0 Å². The van der Waals surface area contributed by atoms with E-state index in [9.17, 15) is 0 Å². The number of hydrogen-bond donors (Lipinski definition) is 1. The summed E-state index contributed by atoms with van der Waals surface area (Å²) in [5.74, 6) is 2.13. The predicted octanol–water partition coefficient (Wildman–Crippen LogP) is 4.22. The molecule has 0 saturated carbocycles. The molecular weight excluding hydrogens is 283 g/mol. The smallest absolute Gasteiger partial charge is 0.131 e. The second kappa shape index (κ2) is 6.83. The number of halogens is 2. The number of hydrogen-bond acceptors (Lipinski definition) is 3. The second-order valence-electron chi connectivity index (χ2n) is 4.49. The van der Waals surface area contributed by atoms with Crippen molar-refractivity contribution in [2.75, 3.05) is 12.4 Å². The van der Waals surface area contributed by atoms with Gasteiger partial charge in [-0.3, -0.25) is 0 Å². The summed E-state index contributed by atoms with van der Waals surface area (Å²) in [7, 11) is 1.66. The molecule has 0 aliphatic rings. The van der Waals surface area contributed by atoms with E-state index in [0.29, 0.717) is 11.9 Å². The third-order valence-corrected chi connectivity index (χ3v) is 2.96. The molecule has 1 aromatic carbocycles. The number of nitrogens with one attached hydrogen (secondary N) is 1. The van der Waals surface area contributed by atoms with Crippen LogP contribution in [0.5, 0.6) is 5.75 Å². The summed E-state index contributed by atoms with van der Waals surface area (Å²) in [6.45, 7) is 4.16. The van der Waals surface area contributed by atoms with Gasteiger partial charge >= 0.3 is 0 Å². The third kappa shape index (κ3) is 3.64. The molecule has 0 aliphatic heterocycles. The Bertz CT molecular complexity index is 558. The Morgan fingerprint density at radius 1 is 1.32 bits per heavy atom. The number of fused-ring (bicyclic) bond motifs is 1. The number of anilines is 1. The van der Waals surface area contributed by atoms with Crippen LogP contribution in [0.4, 0.5) is 5.82 Å². The van der Waals surface area contributed by atoms with Crippen LogP contribution in [-0.4, -0.2) is 18.1 Å². The molecule has 0 atom stereocenters. The molecule has 0 radical (unpaired) electrons. The standard InChI is InChI=1S/C14H17ClN2O.ClH/c1-9(2)16-14-11(8-15)6-10-7-12(18-3)4-5-13(10)17-14;/h4-7,9H,8H2,1-3H3,(H,16,17);1H. The average Bonchev–Trinajstić information content (AvgIpc) is 2.36. The predicted molar refractivity (Wildman–Crippen MR) is 83.9 cm³/mol. The van der Waals surface area contributed by atoms with Gasteiger partial charge in [0.15, 0.2) is 0 Å². The number of methoxy groups -OCH3 is 1. The SMILES string of the molecule is COc1ccc2nc(NC(C)C)c(CCl)cc2c1.Cl. The lowest BCUT2D eigenvalue weighted by molar-refractivity contribution is 0.415. The van der Waals surface area contributed by atoms with Crippen LogP contribution in [0.15, 0.2) is 24.3 Å². The number of nitrogens with zero attached hydrogens (tertiary/aromatic N) is 1. The maximum Gasteiger partial charge on any atom is 0.131 e. The molecule has 0 bridgehead atoms. The average molecular weight is 301 g/mol. The van der Waals surface area contributed by atoms with Gasteiger partial charge in [0.1, 0.15) is 11.6 Å². The molecule has 3 nitrogen and oxygen atoms in total. The normalized spacial score (nSPS) is 10.4. The minimum atomic E-state index is 0. The van der Waals surface area contributed by atoms with E-state index in [4.69, 9.17) is 16.3 Å². The molecule has 1 aromatic heterocycles. The molecule has 0 aliphatic carbocycles. The first-order chi connectivity index (χ1) is 8.63. The Balaban J connectivity index is 0.00000180. The second-order valence-corrected chi connectivity index (χ2v) is 4.75. The van der Waals surface area contributed by atoms with E-state index in [0.717, 1.165) is 28.0 Å². The molecule has 0 unspecified atom stereocenters. The number of benzene rings is 1. The maximum absolute atomic E-state index is 5.98. The van der Waals surface area contributed by atoms with Crippen LogP contribution in [-0.2, 0) is 5.88 Å². The molecule has 2 rings (SSSR count). The number of aromatic nitrogens is 1. The quantitative estimate of drug-likeness (QED) is 0.858. The van der Waals surface area contributed by atoms with Gasteiger partial charge in [0, 0.05) is 17.0 Å². The summed E-state index contributed by atoms with van der Waals surface area (Å²) < 4.78 is 5.21. The lowest BCUT2D eigenvalue weighted by Gasteiger charge is -2.14. The summed E-state index contributed by atoms with van der Waals surface area (Å²) in [5, 5.41) is 4.36. The van der Waals surface area contributed by atoms with Crippen molar-refractivity contribution < 1.29 is 4.74 Å². The highest BCUT2D eigenvalue weighted by molar-refractivity contribution is 6.17. The van der Waals surface area contributed by atoms with Crippen molar-refractivity contribution in [1.82, 2.24) is 4.98 Å². The van der Waals surface area contributed by atoms with E-state index >= 15 is 0 Å². The first-order valence-electron chi connectivity index (χ1n) is 5.94. The van der Waals surface area contributed by atoms with Crippen molar-refractivity contribution in [3.8, 4) is 5.75 Å². The maximum atomic E-state index is 5.98. The zero-order valence-corrected chi connectivity index (χ0v) is 12.8. The van der Waals surface area contributed by atoms with Crippen LogP contribution < -0.4 is 10.1 Å². The van der Waals surface area contributed by atoms with Crippen LogP contribution in [0.3, 0.4) is 0 Å². The molecule has 104 valence electrons. The zero-order valence-electron chi connectivity index (χ0n) is 11.2. The molecule has 0 amide bonds. The highest BCUT2D eigenvalue weighted by atomic mass is 35.5. The molecule has 0 spiro atoms. The topological polar surface area (TPSA) is 34.1 Å². The fourth-order valence-electron chi connectivity index (χ4n) is 1.83. The van der Waals surface area contributed by atoms with Gasteiger partial charge in [-0.1, -0.05) is 0 Å². The van der Waals surface area contributed by atoms with Gasteiger partial charge in [-0.05, 0) is 38.1 Å². The van der Waals surface area contributed by atoms with Crippen LogP contribution in [0.25, 0.3) is 10.9 Å². The van der Waals surface area contributed by atoms with Crippen molar-refractivity contribution in [2.45, 2.75) is 25.8 Å². The summed E-state index contributed by atoms with van der Waals surface area (Å²) in [4.78, 5) is 4.61. The van der Waals surface area contributed by atoms with Gasteiger partial charge in [-0.25, -0.2) is 4.98 Å². The van der Waals surface area contributed by atoms with Crippen LogP contribution >= 0.6 is 24.0 Å². The summed E-state index contributed by atoms with van der Waals surface area (Å²) in [6, 6.07) is 8.22. The van der Waals surface area contributed by atoms with Crippen molar-refractivity contribution >= 4 is 40.7 Å². The van der Waals surface area contributed by atoms with Gasteiger partial charge in [-0.2, -0.15) is 0 Å². The van der Waals surface area contributed by atoms with Crippen LogP contribution in [0.1, 0.15) is 19.4 Å². The molecule has 2 aromatic rings. The van der Waals surface area contributed by atoms with E-state index in [1.54, 1.807) is 7.11 Å². The fourth-order valence-corrected chi connectivity index (χ4v) is 2.03. The Hall–Kier alpha value is -1.19. The minimum Gasteiger partial charge on any atom is -0.497 e. The molecule has 1 N–H and O–H groups in total. The van der Waals surface area contributed by atoms with Crippen LogP contribution in [0.2, 0.25) is 0 Å². The first-order valence-corrected chi connectivity index (χ1v) is 6.47.